The Bertz CT molecular complexity index is 346. The van der Waals surface area contributed by atoms with Gasteiger partial charge >= 0.3 is 0 Å². The number of nitrogens with two attached hydrogens (primary N) is 1. The van der Waals surface area contributed by atoms with Gasteiger partial charge in [0.05, 0.1) is 17.9 Å². The first-order valence-corrected chi connectivity index (χ1v) is 6.27. The standard InChI is InChI=1S/C10H16N4OS/c11-10(4-2-1-3-5-10)7-12-9(15)8-6-13-16-14-8/h6H,1-5,7,11H2,(H,12,15). The van der Waals surface area contributed by atoms with Crippen molar-refractivity contribution in [2.75, 3.05) is 6.54 Å². The molecule has 0 aromatic carbocycles. The Kier molecular flexibility index (Phi) is 3.50. The van der Waals surface area contributed by atoms with Crippen LogP contribution in [0.25, 0.3) is 0 Å². The molecule has 2 rings (SSSR count). The van der Waals surface area contributed by atoms with Gasteiger partial charge in [-0.1, -0.05) is 19.3 Å². The summed E-state index contributed by atoms with van der Waals surface area (Å²) >= 11 is 1.04. The molecule has 0 bridgehead atoms. The maximum atomic E-state index is 11.6. The summed E-state index contributed by atoms with van der Waals surface area (Å²) in [5.41, 5.74) is 6.37. The number of aromatic nitrogens is 2. The fourth-order valence-electron chi connectivity index (χ4n) is 2.04. The maximum absolute atomic E-state index is 11.6. The molecule has 1 aromatic heterocycles. The van der Waals surface area contributed by atoms with Crippen LogP contribution in [-0.4, -0.2) is 26.7 Å². The van der Waals surface area contributed by atoms with Crippen LogP contribution < -0.4 is 11.1 Å². The topological polar surface area (TPSA) is 80.9 Å². The van der Waals surface area contributed by atoms with Gasteiger partial charge in [-0.05, 0) is 12.8 Å². The number of hydrogen-bond donors (Lipinski definition) is 2. The minimum Gasteiger partial charge on any atom is -0.349 e. The molecule has 1 aliphatic carbocycles. The van der Waals surface area contributed by atoms with Gasteiger partial charge in [-0.15, -0.1) is 0 Å². The van der Waals surface area contributed by atoms with Crippen LogP contribution >= 0.6 is 11.7 Å². The molecule has 0 spiro atoms. The summed E-state index contributed by atoms with van der Waals surface area (Å²) in [6, 6.07) is 0. The molecule has 6 heteroatoms. The lowest BCUT2D eigenvalue weighted by molar-refractivity contribution is 0.0933. The van der Waals surface area contributed by atoms with Crippen molar-refractivity contribution < 1.29 is 4.79 Å². The lowest BCUT2D eigenvalue weighted by Crippen LogP contribution is -2.51. The van der Waals surface area contributed by atoms with Crippen LogP contribution in [-0.2, 0) is 0 Å². The third-order valence-electron chi connectivity index (χ3n) is 3.04. The van der Waals surface area contributed by atoms with Gasteiger partial charge in [0, 0.05) is 12.1 Å². The molecule has 0 aliphatic heterocycles. The Hall–Kier alpha value is -1.01. The fourth-order valence-corrected chi connectivity index (χ4v) is 2.46. The molecule has 1 aliphatic rings. The van der Waals surface area contributed by atoms with Crippen molar-refractivity contribution in [3.63, 3.8) is 0 Å². The van der Waals surface area contributed by atoms with Crippen LogP contribution in [0.1, 0.15) is 42.6 Å². The van der Waals surface area contributed by atoms with E-state index in [2.05, 4.69) is 14.1 Å². The van der Waals surface area contributed by atoms with E-state index in [1.54, 1.807) is 0 Å². The highest BCUT2D eigenvalue weighted by atomic mass is 32.1. The lowest BCUT2D eigenvalue weighted by Gasteiger charge is -2.33. The van der Waals surface area contributed by atoms with Gasteiger partial charge in [0.25, 0.3) is 5.91 Å². The second-order valence-electron chi connectivity index (χ2n) is 4.40. The predicted octanol–water partition coefficient (Wildman–Crippen LogP) is 0.929. The molecule has 88 valence electrons. The van der Waals surface area contributed by atoms with Crippen LogP contribution in [0, 0.1) is 0 Å². The largest absolute Gasteiger partial charge is 0.349 e. The van der Waals surface area contributed by atoms with Crippen molar-refractivity contribution in [1.29, 1.82) is 0 Å². The summed E-state index contributed by atoms with van der Waals surface area (Å²) in [6.45, 7) is 0.531. The van der Waals surface area contributed by atoms with E-state index in [0.717, 1.165) is 37.4 Å². The number of rotatable bonds is 3. The van der Waals surface area contributed by atoms with Gasteiger partial charge in [-0.2, -0.15) is 8.75 Å². The summed E-state index contributed by atoms with van der Waals surface area (Å²) < 4.78 is 7.67. The van der Waals surface area contributed by atoms with Crippen LogP contribution in [0.15, 0.2) is 6.20 Å². The van der Waals surface area contributed by atoms with Crippen LogP contribution in [0.4, 0.5) is 0 Å². The van der Waals surface area contributed by atoms with Gasteiger partial charge in [0.2, 0.25) is 0 Å². The minimum absolute atomic E-state index is 0.177. The molecule has 1 heterocycles. The summed E-state index contributed by atoms with van der Waals surface area (Å²) in [7, 11) is 0. The average molecular weight is 240 g/mol. The molecule has 1 saturated carbocycles. The van der Waals surface area contributed by atoms with Gasteiger partial charge < -0.3 is 11.1 Å². The van der Waals surface area contributed by atoms with E-state index in [0.29, 0.717) is 12.2 Å². The number of carbonyl (C=O) groups excluding carboxylic acids is 1. The second kappa shape index (κ2) is 4.88. The number of carbonyl (C=O) groups is 1. The Labute approximate surface area is 98.8 Å². The first-order valence-electron chi connectivity index (χ1n) is 5.54. The minimum atomic E-state index is -0.225. The van der Waals surface area contributed by atoms with Crippen LogP contribution in [0.2, 0.25) is 0 Å². The van der Waals surface area contributed by atoms with Crippen molar-refractivity contribution in [2.45, 2.75) is 37.6 Å². The molecule has 0 unspecified atom stereocenters. The normalized spacial score (nSPS) is 19.3. The third kappa shape index (κ3) is 2.76. The van der Waals surface area contributed by atoms with E-state index in [1.807, 2.05) is 0 Å². The van der Waals surface area contributed by atoms with Gasteiger partial charge in [-0.25, -0.2) is 0 Å². The highest BCUT2D eigenvalue weighted by molar-refractivity contribution is 6.99. The SMILES string of the molecule is NC1(CNC(=O)c2cnsn2)CCCCC1. The van der Waals surface area contributed by atoms with Gasteiger partial charge in [-0.3, -0.25) is 4.79 Å². The monoisotopic (exact) mass is 240 g/mol. The van der Waals surface area contributed by atoms with Crippen LogP contribution in [0.3, 0.4) is 0 Å². The fraction of sp³-hybridized carbons (Fsp3) is 0.700. The smallest absolute Gasteiger partial charge is 0.272 e. The second-order valence-corrected chi connectivity index (χ2v) is 4.96. The maximum Gasteiger partial charge on any atom is 0.272 e. The summed E-state index contributed by atoms with van der Waals surface area (Å²) in [5, 5.41) is 2.84. The first-order chi connectivity index (χ1) is 7.70. The van der Waals surface area contributed by atoms with Crippen LogP contribution in [0.5, 0.6) is 0 Å². The van der Waals surface area contributed by atoms with Crippen molar-refractivity contribution in [3.8, 4) is 0 Å². The molecule has 0 atom stereocenters. The zero-order valence-corrected chi connectivity index (χ0v) is 9.92. The van der Waals surface area contributed by atoms with E-state index in [4.69, 9.17) is 5.73 Å². The molecule has 5 nitrogen and oxygen atoms in total. The predicted molar refractivity (Wildman–Crippen MR) is 62.2 cm³/mol. The van der Waals surface area contributed by atoms with Crippen molar-refractivity contribution in [1.82, 2.24) is 14.1 Å². The Morgan fingerprint density at radius 1 is 1.50 bits per heavy atom. The Morgan fingerprint density at radius 3 is 2.88 bits per heavy atom. The third-order valence-corrected chi connectivity index (χ3v) is 3.52. The molecule has 1 fully saturated rings. The molecular formula is C10H16N4OS. The Morgan fingerprint density at radius 2 is 2.25 bits per heavy atom. The quantitative estimate of drug-likeness (QED) is 0.823. The van der Waals surface area contributed by atoms with Crippen molar-refractivity contribution >= 4 is 17.6 Å². The molecule has 0 radical (unpaired) electrons. The highest BCUT2D eigenvalue weighted by Gasteiger charge is 2.28. The zero-order valence-electron chi connectivity index (χ0n) is 9.11. The highest BCUT2D eigenvalue weighted by Crippen LogP contribution is 2.25. The molecule has 0 saturated heterocycles. The number of amides is 1. The molecule has 3 N–H and O–H groups in total. The molecule has 1 amide bonds. The average Bonchev–Trinajstić information content (AvgIpc) is 2.80. The summed E-state index contributed by atoms with van der Waals surface area (Å²) in [4.78, 5) is 11.6. The molecule has 1 aromatic rings. The van der Waals surface area contributed by atoms with E-state index < -0.39 is 0 Å². The summed E-state index contributed by atoms with van der Waals surface area (Å²) in [5.74, 6) is -0.177. The molecular weight excluding hydrogens is 224 g/mol. The number of hydrogen-bond acceptors (Lipinski definition) is 5. The van der Waals surface area contributed by atoms with Crippen molar-refractivity contribution in [2.24, 2.45) is 5.73 Å². The Balaban J connectivity index is 1.84. The molecule has 16 heavy (non-hydrogen) atoms. The number of nitrogens with one attached hydrogen (secondary N) is 1. The lowest BCUT2D eigenvalue weighted by atomic mass is 9.82. The zero-order chi connectivity index (χ0) is 11.4. The number of nitrogens with zero attached hydrogens (tertiary/aromatic N) is 2. The summed E-state index contributed by atoms with van der Waals surface area (Å²) in [6.07, 6.45) is 7.02. The van der Waals surface area contributed by atoms with Gasteiger partial charge in [0.15, 0.2) is 5.69 Å². The van der Waals surface area contributed by atoms with E-state index in [9.17, 15) is 4.79 Å². The van der Waals surface area contributed by atoms with E-state index in [1.165, 1.54) is 12.6 Å². The van der Waals surface area contributed by atoms with Crippen molar-refractivity contribution in [3.05, 3.63) is 11.9 Å². The van der Waals surface area contributed by atoms with E-state index >= 15 is 0 Å². The van der Waals surface area contributed by atoms with E-state index in [-0.39, 0.29) is 11.4 Å². The first kappa shape index (κ1) is 11.5. The van der Waals surface area contributed by atoms with Gasteiger partial charge in [0.1, 0.15) is 0 Å².